The fraction of sp³-hybridized carbons (Fsp3) is 0.269. The van der Waals surface area contributed by atoms with Gasteiger partial charge in [-0.1, -0.05) is 17.9 Å². The van der Waals surface area contributed by atoms with Crippen LogP contribution in [0.2, 0.25) is 0 Å². The van der Waals surface area contributed by atoms with Gasteiger partial charge >= 0.3 is 0 Å². The van der Waals surface area contributed by atoms with Crippen LogP contribution in [0.4, 0.5) is 8.78 Å². The maximum Gasteiger partial charge on any atom is 0.254 e. The van der Waals surface area contributed by atoms with E-state index in [0.29, 0.717) is 12.1 Å². The number of aromatic nitrogens is 2. The molecule has 3 N–H and O–H groups in total. The van der Waals surface area contributed by atoms with E-state index in [4.69, 9.17) is 5.73 Å². The SMILES string of the molecule is Cn1cccc(C(CC#CC#Cc2c[nH]c(C3(CN)CC3)c2)c2cc(F)ccc2F)c1=O. The van der Waals surface area contributed by atoms with Crippen molar-refractivity contribution >= 4 is 0 Å². The molecule has 0 saturated heterocycles. The number of pyridine rings is 1. The van der Waals surface area contributed by atoms with Crippen molar-refractivity contribution in [1.82, 2.24) is 9.55 Å². The van der Waals surface area contributed by atoms with E-state index in [2.05, 4.69) is 28.7 Å². The molecule has 1 fully saturated rings. The number of hydrogen-bond donors (Lipinski definition) is 2. The van der Waals surface area contributed by atoms with E-state index in [1.165, 1.54) is 4.57 Å². The summed E-state index contributed by atoms with van der Waals surface area (Å²) in [5.41, 5.74) is 8.02. The van der Waals surface area contributed by atoms with Crippen molar-refractivity contribution < 1.29 is 8.78 Å². The van der Waals surface area contributed by atoms with Crippen LogP contribution in [-0.4, -0.2) is 16.1 Å². The van der Waals surface area contributed by atoms with E-state index in [-0.39, 0.29) is 23.0 Å². The third kappa shape index (κ3) is 4.37. The molecule has 2 heterocycles. The lowest BCUT2D eigenvalue weighted by Gasteiger charge is -2.16. The lowest BCUT2D eigenvalue weighted by molar-refractivity contribution is 0.574. The van der Waals surface area contributed by atoms with Gasteiger partial charge in [0.15, 0.2) is 0 Å². The largest absolute Gasteiger partial charge is 0.363 e. The Kier molecular flexibility index (Phi) is 5.99. The summed E-state index contributed by atoms with van der Waals surface area (Å²) in [7, 11) is 1.61. The van der Waals surface area contributed by atoms with Crippen molar-refractivity contribution in [1.29, 1.82) is 0 Å². The molecule has 1 aromatic carbocycles. The van der Waals surface area contributed by atoms with Crippen LogP contribution in [0.15, 0.2) is 53.6 Å². The van der Waals surface area contributed by atoms with Gasteiger partial charge in [-0.15, -0.1) is 0 Å². The molecule has 0 radical (unpaired) electrons. The summed E-state index contributed by atoms with van der Waals surface area (Å²) in [5, 5.41) is 0. The Morgan fingerprint density at radius 1 is 1.19 bits per heavy atom. The van der Waals surface area contributed by atoms with Gasteiger partial charge in [0.25, 0.3) is 5.56 Å². The monoisotopic (exact) mass is 431 g/mol. The van der Waals surface area contributed by atoms with E-state index >= 15 is 0 Å². The van der Waals surface area contributed by atoms with Crippen LogP contribution >= 0.6 is 0 Å². The average Bonchev–Trinajstić information content (AvgIpc) is 3.45. The van der Waals surface area contributed by atoms with E-state index in [9.17, 15) is 13.6 Å². The zero-order chi connectivity index (χ0) is 22.7. The van der Waals surface area contributed by atoms with Gasteiger partial charge in [-0.3, -0.25) is 4.79 Å². The van der Waals surface area contributed by atoms with Crippen molar-refractivity contribution in [3.63, 3.8) is 0 Å². The Hall–Kier alpha value is -3.61. The molecule has 4 rings (SSSR count). The number of nitrogens with one attached hydrogen (secondary N) is 1. The summed E-state index contributed by atoms with van der Waals surface area (Å²) in [6.07, 6.45) is 5.73. The van der Waals surface area contributed by atoms with Crippen LogP contribution in [-0.2, 0) is 12.5 Å². The summed E-state index contributed by atoms with van der Waals surface area (Å²) >= 11 is 0. The minimum absolute atomic E-state index is 0.0652. The molecular weight excluding hydrogens is 408 g/mol. The first-order valence-corrected chi connectivity index (χ1v) is 10.4. The number of nitrogens with two attached hydrogens (primary N) is 1. The second-order valence-corrected chi connectivity index (χ2v) is 8.14. The van der Waals surface area contributed by atoms with Crippen LogP contribution in [0.25, 0.3) is 0 Å². The molecule has 1 aliphatic carbocycles. The zero-order valence-electron chi connectivity index (χ0n) is 17.7. The highest BCUT2D eigenvalue weighted by Gasteiger charge is 2.43. The van der Waals surface area contributed by atoms with Gasteiger partial charge in [-0.25, -0.2) is 8.78 Å². The Bertz CT molecular complexity index is 1330. The first-order valence-electron chi connectivity index (χ1n) is 10.4. The molecule has 1 aliphatic rings. The Balaban J connectivity index is 1.58. The summed E-state index contributed by atoms with van der Waals surface area (Å²) < 4.78 is 29.7. The number of hydrogen-bond acceptors (Lipinski definition) is 2. The minimum Gasteiger partial charge on any atom is -0.363 e. The van der Waals surface area contributed by atoms with E-state index in [1.807, 2.05) is 12.3 Å². The third-order valence-electron chi connectivity index (χ3n) is 6.02. The van der Waals surface area contributed by atoms with Crippen LogP contribution in [0.5, 0.6) is 0 Å². The van der Waals surface area contributed by atoms with Gasteiger partial charge in [-0.05, 0) is 60.6 Å². The number of halogens is 2. The normalized spacial score (nSPS) is 14.6. The van der Waals surface area contributed by atoms with Gasteiger partial charge in [0.1, 0.15) is 11.6 Å². The topological polar surface area (TPSA) is 63.8 Å². The summed E-state index contributed by atoms with van der Waals surface area (Å²) in [5.74, 6) is 9.62. The lowest BCUT2D eigenvalue weighted by Crippen LogP contribution is -2.23. The fourth-order valence-electron chi connectivity index (χ4n) is 3.86. The Morgan fingerprint density at radius 2 is 2.00 bits per heavy atom. The van der Waals surface area contributed by atoms with E-state index in [1.54, 1.807) is 25.4 Å². The molecule has 6 heteroatoms. The quantitative estimate of drug-likeness (QED) is 0.607. The molecule has 0 bridgehead atoms. The smallest absolute Gasteiger partial charge is 0.254 e. The average molecular weight is 431 g/mol. The van der Waals surface area contributed by atoms with Crippen LogP contribution in [0.1, 0.15) is 47.6 Å². The summed E-state index contributed by atoms with van der Waals surface area (Å²) in [4.78, 5) is 15.9. The molecular formula is C26H23F2N3O. The van der Waals surface area contributed by atoms with Crippen molar-refractivity contribution in [3.8, 4) is 23.7 Å². The highest BCUT2D eigenvalue weighted by atomic mass is 19.1. The number of rotatable bonds is 5. The highest BCUT2D eigenvalue weighted by molar-refractivity contribution is 5.43. The van der Waals surface area contributed by atoms with Crippen molar-refractivity contribution in [2.45, 2.75) is 30.6 Å². The predicted molar refractivity (Wildman–Crippen MR) is 120 cm³/mol. The van der Waals surface area contributed by atoms with Gasteiger partial charge < -0.3 is 15.3 Å². The van der Waals surface area contributed by atoms with Crippen LogP contribution in [0, 0.1) is 35.3 Å². The Morgan fingerprint density at radius 3 is 2.75 bits per heavy atom. The second-order valence-electron chi connectivity index (χ2n) is 8.14. The summed E-state index contributed by atoms with van der Waals surface area (Å²) in [6.45, 7) is 0.608. The lowest BCUT2D eigenvalue weighted by atomic mass is 9.89. The maximum absolute atomic E-state index is 14.5. The first kappa shape index (κ1) is 21.6. The molecule has 32 heavy (non-hydrogen) atoms. The highest BCUT2D eigenvalue weighted by Crippen LogP contribution is 2.46. The van der Waals surface area contributed by atoms with Gasteiger partial charge in [0, 0.05) is 60.6 Å². The van der Waals surface area contributed by atoms with Gasteiger partial charge in [-0.2, -0.15) is 0 Å². The molecule has 4 nitrogen and oxygen atoms in total. The number of aryl methyl sites for hydroxylation is 1. The number of H-pyrrole nitrogens is 1. The molecule has 0 spiro atoms. The summed E-state index contributed by atoms with van der Waals surface area (Å²) in [6, 6.07) is 8.55. The fourth-order valence-corrected chi connectivity index (χ4v) is 3.86. The molecule has 162 valence electrons. The third-order valence-corrected chi connectivity index (χ3v) is 6.02. The molecule has 0 aliphatic heterocycles. The molecule has 3 aromatic rings. The van der Waals surface area contributed by atoms with Crippen molar-refractivity contribution in [2.75, 3.05) is 6.54 Å². The van der Waals surface area contributed by atoms with E-state index < -0.39 is 17.6 Å². The maximum atomic E-state index is 14.5. The van der Waals surface area contributed by atoms with Gasteiger partial charge in [0.2, 0.25) is 0 Å². The minimum atomic E-state index is -0.710. The molecule has 2 aromatic heterocycles. The first-order chi connectivity index (χ1) is 15.4. The molecule has 1 unspecified atom stereocenters. The number of aromatic amines is 1. The molecule has 0 amide bonds. The van der Waals surface area contributed by atoms with Gasteiger partial charge in [0.05, 0.1) is 0 Å². The van der Waals surface area contributed by atoms with Crippen molar-refractivity contribution in [2.24, 2.45) is 12.8 Å². The second kappa shape index (κ2) is 8.86. The number of benzene rings is 1. The Labute approximate surface area is 185 Å². The molecule has 1 saturated carbocycles. The van der Waals surface area contributed by atoms with Crippen LogP contribution < -0.4 is 11.3 Å². The number of nitrogens with zero attached hydrogens (tertiary/aromatic N) is 1. The van der Waals surface area contributed by atoms with E-state index in [0.717, 1.165) is 42.3 Å². The van der Waals surface area contributed by atoms with Crippen molar-refractivity contribution in [3.05, 3.63) is 93.2 Å². The molecule has 1 atom stereocenters. The predicted octanol–water partition coefficient (Wildman–Crippen LogP) is 3.56. The standard InChI is InChI=1S/C26H23F2N3O/c1-31-13-5-8-21(25(31)32)20(22-15-19(27)9-10-23(22)28)7-4-2-3-6-18-14-24(30-16-18)26(17-29)11-12-26/h5,8-10,13-16,20,30H,7,11-12,17,29H2,1H3. The van der Waals surface area contributed by atoms with Crippen LogP contribution in [0.3, 0.4) is 0 Å². The zero-order valence-corrected chi connectivity index (χ0v) is 17.7.